The summed E-state index contributed by atoms with van der Waals surface area (Å²) in [5.41, 5.74) is 1.34. The van der Waals surface area contributed by atoms with Crippen LogP contribution < -0.4 is 0 Å². The van der Waals surface area contributed by atoms with Crippen LogP contribution in [0.5, 0.6) is 0 Å². The molecule has 0 spiro atoms. The van der Waals surface area contributed by atoms with Gasteiger partial charge in [-0.2, -0.15) is 4.31 Å². The zero-order chi connectivity index (χ0) is 20.0. The minimum absolute atomic E-state index is 0.0261. The van der Waals surface area contributed by atoms with Gasteiger partial charge in [0.25, 0.3) is 0 Å². The molecule has 1 unspecified atom stereocenters. The summed E-state index contributed by atoms with van der Waals surface area (Å²) in [6.45, 7) is 2.72. The number of nitrogens with zero attached hydrogens (tertiary/aromatic N) is 2. The van der Waals surface area contributed by atoms with Crippen molar-refractivity contribution in [2.24, 2.45) is 0 Å². The SMILES string of the molecule is CC1CCCCN1S(=O)(=O)c1cccc(C(=O)OCCCc2cccnc2)c1. The number of esters is 1. The Morgan fingerprint density at radius 2 is 2.11 bits per heavy atom. The molecule has 1 aliphatic heterocycles. The number of carbonyl (C=O) groups is 1. The van der Waals surface area contributed by atoms with Crippen molar-refractivity contribution in [2.75, 3.05) is 13.2 Å². The van der Waals surface area contributed by atoms with E-state index in [9.17, 15) is 13.2 Å². The van der Waals surface area contributed by atoms with Crippen LogP contribution >= 0.6 is 0 Å². The van der Waals surface area contributed by atoms with Crippen LogP contribution in [-0.2, 0) is 21.2 Å². The standard InChI is InChI=1S/C21H26N2O4S/c1-17-7-2-3-13-23(17)28(25,26)20-11-4-10-19(15-20)21(24)27-14-6-9-18-8-5-12-22-16-18/h4-5,8,10-12,15-17H,2-3,6-7,9,13-14H2,1H3. The lowest BCUT2D eigenvalue weighted by atomic mass is 10.1. The Balaban J connectivity index is 1.61. The Kier molecular flexibility index (Phi) is 6.80. The molecule has 0 amide bonds. The van der Waals surface area contributed by atoms with Crippen molar-refractivity contribution in [2.45, 2.75) is 50.0 Å². The van der Waals surface area contributed by atoms with Crippen LogP contribution in [0.3, 0.4) is 0 Å². The fourth-order valence-electron chi connectivity index (χ4n) is 3.42. The smallest absolute Gasteiger partial charge is 0.338 e. The van der Waals surface area contributed by atoms with Crippen molar-refractivity contribution in [1.82, 2.24) is 9.29 Å². The second-order valence-corrected chi connectivity index (χ2v) is 8.98. The molecule has 0 radical (unpaired) electrons. The van der Waals surface area contributed by atoms with Gasteiger partial charge in [-0.3, -0.25) is 4.98 Å². The van der Waals surface area contributed by atoms with Crippen LogP contribution in [-0.4, -0.2) is 42.9 Å². The maximum Gasteiger partial charge on any atom is 0.338 e. The zero-order valence-electron chi connectivity index (χ0n) is 16.1. The van der Waals surface area contributed by atoms with E-state index in [1.54, 1.807) is 24.5 Å². The highest BCUT2D eigenvalue weighted by atomic mass is 32.2. The Bertz CT molecular complexity index is 900. The third-order valence-electron chi connectivity index (χ3n) is 4.98. The lowest BCUT2D eigenvalue weighted by Crippen LogP contribution is -2.41. The molecule has 1 aliphatic rings. The maximum absolute atomic E-state index is 13.0. The Morgan fingerprint density at radius 3 is 2.86 bits per heavy atom. The minimum Gasteiger partial charge on any atom is -0.462 e. The van der Waals surface area contributed by atoms with E-state index >= 15 is 0 Å². The molecule has 6 nitrogen and oxygen atoms in total. The first kappa shape index (κ1) is 20.5. The van der Waals surface area contributed by atoms with Crippen LogP contribution in [0.1, 0.15) is 48.5 Å². The molecular weight excluding hydrogens is 376 g/mol. The van der Waals surface area contributed by atoms with Crippen molar-refractivity contribution >= 4 is 16.0 Å². The first-order valence-corrected chi connectivity index (χ1v) is 11.1. The minimum atomic E-state index is -3.61. The molecule has 150 valence electrons. The molecule has 7 heteroatoms. The number of hydrogen-bond donors (Lipinski definition) is 0. The third kappa shape index (κ3) is 4.97. The van der Waals surface area contributed by atoms with Crippen molar-refractivity contribution in [3.63, 3.8) is 0 Å². The van der Waals surface area contributed by atoms with Crippen molar-refractivity contribution in [3.05, 3.63) is 59.9 Å². The van der Waals surface area contributed by atoms with Gasteiger partial charge < -0.3 is 4.74 Å². The van der Waals surface area contributed by atoms with E-state index in [0.717, 1.165) is 31.2 Å². The largest absolute Gasteiger partial charge is 0.462 e. The summed E-state index contributed by atoms with van der Waals surface area (Å²) in [5, 5.41) is 0. The summed E-state index contributed by atoms with van der Waals surface area (Å²) in [7, 11) is -3.61. The molecule has 1 saturated heterocycles. The van der Waals surface area contributed by atoms with Gasteiger partial charge in [0.1, 0.15) is 0 Å². The van der Waals surface area contributed by atoms with Gasteiger partial charge >= 0.3 is 5.97 Å². The number of piperidine rings is 1. The fraction of sp³-hybridized carbons (Fsp3) is 0.429. The van der Waals surface area contributed by atoms with Gasteiger partial charge in [-0.15, -0.1) is 0 Å². The van der Waals surface area contributed by atoms with Gasteiger partial charge in [-0.25, -0.2) is 13.2 Å². The predicted octanol–water partition coefficient (Wildman–Crippen LogP) is 3.43. The number of aryl methyl sites for hydroxylation is 1. The maximum atomic E-state index is 13.0. The summed E-state index contributed by atoms with van der Waals surface area (Å²) in [6.07, 6.45) is 7.72. The summed E-state index contributed by atoms with van der Waals surface area (Å²) in [5.74, 6) is -0.505. The molecular formula is C21H26N2O4S. The molecule has 0 aliphatic carbocycles. The van der Waals surface area contributed by atoms with Crippen LogP contribution in [0, 0.1) is 0 Å². The second kappa shape index (κ2) is 9.30. The number of aromatic nitrogens is 1. The molecule has 0 saturated carbocycles. The van der Waals surface area contributed by atoms with Gasteiger partial charge in [0.2, 0.25) is 10.0 Å². The summed E-state index contributed by atoms with van der Waals surface area (Å²) < 4.78 is 32.8. The lowest BCUT2D eigenvalue weighted by molar-refractivity contribution is 0.0500. The first-order chi connectivity index (χ1) is 13.5. The van der Waals surface area contributed by atoms with E-state index in [1.807, 2.05) is 19.1 Å². The molecule has 0 bridgehead atoms. The molecule has 2 heterocycles. The van der Waals surface area contributed by atoms with Crippen LogP contribution in [0.2, 0.25) is 0 Å². The Morgan fingerprint density at radius 1 is 1.25 bits per heavy atom. The molecule has 0 N–H and O–H groups in total. The number of benzene rings is 1. The van der Waals surface area contributed by atoms with Crippen LogP contribution in [0.4, 0.5) is 0 Å². The summed E-state index contributed by atoms with van der Waals surface area (Å²) in [4.78, 5) is 16.5. The molecule has 1 fully saturated rings. The number of ether oxygens (including phenoxy) is 1. The molecule has 1 aromatic carbocycles. The average molecular weight is 403 g/mol. The van der Waals surface area contributed by atoms with E-state index in [4.69, 9.17) is 4.74 Å². The summed E-state index contributed by atoms with van der Waals surface area (Å²) >= 11 is 0. The van der Waals surface area contributed by atoms with Gasteiger partial charge in [0.15, 0.2) is 0 Å². The predicted molar refractivity (Wildman–Crippen MR) is 106 cm³/mol. The van der Waals surface area contributed by atoms with Crippen LogP contribution in [0.25, 0.3) is 0 Å². The van der Waals surface area contributed by atoms with Crippen molar-refractivity contribution in [3.8, 4) is 0 Å². The monoisotopic (exact) mass is 402 g/mol. The van der Waals surface area contributed by atoms with Crippen molar-refractivity contribution in [1.29, 1.82) is 0 Å². The van der Waals surface area contributed by atoms with Gasteiger partial charge in [-0.1, -0.05) is 18.6 Å². The number of hydrogen-bond acceptors (Lipinski definition) is 5. The fourth-order valence-corrected chi connectivity index (χ4v) is 5.16. The quantitative estimate of drug-likeness (QED) is 0.524. The van der Waals surface area contributed by atoms with E-state index in [1.165, 1.54) is 16.4 Å². The van der Waals surface area contributed by atoms with Crippen molar-refractivity contribution < 1.29 is 17.9 Å². The normalized spacial score (nSPS) is 18.0. The molecule has 1 atom stereocenters. The van der Waals surface area contributed by atoms with E-state index in [2.05, 4.69) is 4.98 Å². The average Bonchev–Trinajstić information content (AvgIpc) is 2.72. The highest BCUT2D eigenvalue weighted by Gasteiger charge is 2.31. The van der Waals surface area contributed by atoms with E-state index in [-0.39, 0.29) is 23.1 Å². The molecule has 2 aromatic rings. The van der Waals surface area contributed by atoms with Gasteiger partial charge in [-0.05, 0) is 62.4 Å². The van der Waals surface area contributed by atoms with Crippen LogP contribution in [0.15, 0.2) is 53.7 Å². The second-order valence-electron chi connectivity index (χ2n) is 7.09. The Hall–Kier alpha value is -2.25. The van der Waals surface area contributed by atoms with E-state index < -0.39 is 16.0 Å². The first-order valence-electron chi connectivity index (χ1n) is 9.66. The number of sulfonamides is 1. The third-order valence-corrected chi connectivity index (χ3v) is 6.99. The molecule has 1 aromatic heterocycles. The molecule has 28 heavy (non-hydrogen) atoms. The summed E-state index contributed by atoms with van der Waals surface area (Å²) in [6, 6.07) is 9.95. The Labute approximate surface area is 166 Å². The van der Waals surface area contributed by atoms with Gasteiger partial charge in [0.05, 0.1) is 17.1 Å². The number of pyridine rings is 1. The lowest BCUT2D eigenvalue weighted by Gasteiger charge is -2.32. The number of carbonyl (C=O) groups excluding carboxylic acids is 1. The topological polar surface area (TPSA) is 76.6 Å². The highest BCUT2D eigenvalue weighted by Crippen LogP contribution is 2.25. The van der Waals surface area contributed by atoms with E-state index in [0.29, 0.717) is 13.0 Å². The number of rotatable bonds is 7. The highest BCUT2D eigenvalue weighted by molar-refractivity contribution is 7.89. The molecule has 3 rings (SSSR count). The van der Waals surface area contributed by atoms with Gasteiger partial charge in [0, 0.05) is 25.0 Å². The zero-order valence-corrected chi connectivity index (χ0v) is 16.9.